The Morgan fingerprint density at radius 3 is 2.44 bits per heavy atom. The van der Waals surface area contributed by atoms with Crippen LogP contribution in [-0.2, 0) is 32.5 Å². The molecule has 0 spiro atoms. The van der Waals surface area contributed by atoms with Crippen LogP contribution < -0.4 is 14.4 Å². The standard InChI is InChI=1S/C38H52ClN3O7S/c1-24-6-5-8-34(38-48-22-31(23-49-38)42-19-32(43)20-42)33-13-10-28(33)18-41-15-4-3-7-26-16-30(39)12-9-29(26)21-47-36-14-11-27(17-35(36)41)37(44)40-50(45,46)25(24)2/h9,11-12,14,16-17,24-25,28,31-34,38,43H,3-8,10,13,15,18-23H2,1-2H3,(H,40,44)/t24-,25+,28-,31-,33+,34-,38+/m0/s1. The van der Waals surface area contributed by atoms with Crippen molar-refractivity contribution in [3.63, 3.8) is 0 Å². The molecule has 2 saturated heterocycles. The van der Waals surface area contributed by atoms with E-state index in [0.717, 1.165) is 75.7 Å². The van der Waals surface area contributed by atoms with Gasteiger partial charge >= 0.3 is 0 Å². The topological polar surface area (TPSA) is 118 Å². The molecule has 2 aromatic rings. The van der Waals surface area contributed by atoms with Crippen molar-refractivity contribution in [1.82, 2.24) is 9.62 Å². The lowest BCUT2D eigenvalue weighted by Crippen LogP contribution is -2.60. The third kappa shape index (κ3) is 7.83. The fourth-order valence-electron chi connectivity index (χ4n) is 8.55. The minimum Gasteiger partial charge on any atom is -0.487 e. The molecule has 274 valence electrons. The molecule has 4 heterocycles. The molecule has 10 nitrogen and oxygen atoms in total. The Labute approximate surface area is 301 Å². The van der Waals surface area contributed by atoms with Gasteiger partial charge in [-0.05, 0) is 111 Å². The van der Waals surface area contributed by atoms with E-state index in [1.54, 1.807) is 13.0 Å². The summed E-state index contributed by atoms with van der Waals surface area (Å²) in [6.45, 7) is 8.10. The number of aryl methyl sites for hydroxylation is 1. The van der Waals surface area contributed by atoms with E-state index in [9.17, 15) is 18.3 Å². The summed E-state index contributed by atoms with van der Waals surface area (Å²) in [6.07, 6.45) is 6.88. The average Bonchev–Trinajstić information content (AvgIpc) is 3.10. The maximum atomic E-state index is 13.5. The number of ether oxygens (including phenoxy) is 3. The summed E-state index contributed by atoms with van der Waals surface area (Å²) in [5.41, 5.74) is 3.38. The van der Waals surface area contributed by atoms with E-state index in [1.165, 1.54) is 5.56 Å². The molecule has 2 N–H and O–H groups in total. The molecule has 1 aliphatic carbocycles. The number of sulfonamides is 1. The molecular formula is C38H52ClN3O7S. The monoisotopic (exact) mass is 729 g/mol. The van der Waals surface area contributed by atoms with E-state index in [-0.39, 0.29) is 30.3 Å². The largest absolute Gasteiger partial charge is 0.487 e. The summed E-state index contributed by atoms with van der Waals surface area (Å²) in [6, 6.07) is 11.4. The molecule has 5 aliphatic rings. The third-order valence-electron chi connectivity index (χ3n) is 12.1. The zero-order chi connectivity index (χ0) is 35.0. The summed E-state index contributed by atoms with van der Waals surface area (Å²) < 4.78 is 48.8. The predicted octanol–water partition coefficient (Wildman–Crippen LogP) is 5.39. The maximum Gasteiger partial charge on any atom is 0.264 e. The molecule has 0 unspecified atom stereocenters. The summed E-state index contributed by atoms with van der Waals surface area (Å²) in [5, 5.41) is 9.79. The molecule has 0 radical (unpaired) electrons. The molecule has 12 heteroatoms. The fraction of sp³-hybridized carbons (Fsp3) is 0.658. The van der Waals surface area contributed by atoms with Gasteiger partial charge in [-0.3, -0.25) is 9.69 Å². The van der Waals surface area contributed by atoms with Crippen LogP contribution in [0, 0.1) is 23.7 Å². The molecule has 50 heavy (non-hydrogen) atoms. The summed E-state index contributed by atoms with van der Waals surface area (Å²) in [5.74, 6) is 0.902. The highest BCUT2D eigenvalue weighted by molar-refractivity contribution is 7.90. The second-order valence-electron chi connectivity index (χ2n) is 15.3. The van der Waals surface area contributed by atoms with E-state index >= 15 is 0 Å². The van der Waals surface area contributed by atoms with Gasteiger partial charge in [0.2, 0.25) is 10.0 Å². The van der Waals surface area contributed by atoms with Gasteiger partial charge in [-0.15, -0.1) is 0 Å². The molecule has 1 saturated carbocycles. The number of nitrogens with one attached hydrogen (secondary N) is 1. The Morgan fingerprint density at radius 2 is 1.70 bits per heavy atom. The fourth-order valence-corrected chi connectivity index (χ4v) is 10.1. The maximum absolute atomic E-state index is 13.5. The number of benzene rings is 2. The second-order valence-corrected chi connectivity index (χ2v) is 17.8. The van der Waals surface area contributed by atoms with Gasteiger partial charge in [0.05, 0.1) is 36.3 Å². The Morgan fingerprint density at radius 1 is 0.900 bits per heavy atom. The van der Waals surface area contributed by atoms with E-state index in [1.807, 2.05) is 37.3 Å². The van der Waals surface area contributed by atoms with Crippen LogP contribution in [-0.4, -0.2) is 87.4 Å². The Bertz CT molecular complexity index is 1630. The quantitative estimate of drug-likeness (QED) is 0.420. The number of carbonyl (C=O) groups is 1. The van der Waals surface area contributed by atoms with Gasteiger partial charge in [0.15, 0.2) is 6.29 Å². The van der Waals surface area contributed by atoms with Crippen LogP contribution in [0.15, 0.2) is 36.4 Å². The van der Waals surface area contributed by atoms with Crippen molar-refractivity contribution in [3.8, 4) is 5.75 Å². The number of fused-ring (bicyclic) bond motifs is 3. The third-order valence-corrected chi connectivity index (χ3v) is 14.3. The molecule has 5 atom stereocenters. The van der Waals surface area contributed by atoms with Gasteiger partial charge in [0.25, 0.3) is 5.91 Å². The van der Waals surface area contributed by atoms with E-state index in [0.29, 0.717) is 61.1 Å². The Hall–Kier alpha value is -2.41. The highest BCUT2D eigenvalue weighted by Gasteiger charge is 2.45. The van der Waals surface area contributed by atoms with Crippen LogP contribution in [0.5, 0.6) is 5.75 Å². The number of β-amino-alcohol motifs (C(OH)–C–C–N with tert-alkyl or cyclic N) is 1. The lowest BCUT2D eigenvalue weighted by molar-refractivity contribution is -0.250. The van der Waals surface area contributed by atoms with Gasteiger partial charge in [0, 0.05) is 42.7 Å². The number of amides is 1. The van der Waals surface area contributed by atoms with Gasteiger partial charge in [0.1, 0.15) is 12.4 Å². The molecule has 3 fully saturated rings. The SMILES string of the molecule is C[C@@H]1[C@@H](C)CCC[C@H]([C@H]2OC[C@@H](N3CC(O)C3)CO2)[C@@H]2CC[C@H]2CN2CCCCc3cc(Cl)ccc3COc3ccc(cc32)C(=O)NS1(=O)=O. The summed E-state index contributed by atoms with van der Waals surface area (Å²) in [4.78, 5) is 18.1. The number of nitrogens with zero attached hydrogens (tertiary/aromatic N) is 2. The first-order valence-electron chi connectivity index (χ1n) is 18.6. The van der Waals surface area contributed by atoms with Gasteiger partial charge in [-0.25, -0.2) is 13.1 Å². The summed E-state index contributed by atoms with van der Waals surface area (Å²) in [7, 11) is -3.92. The molecule has 1 amide bonds. The molecule has 2 bridgehead atoms. The predicted molar refractivity (Wildman–Crippen MR) is 193 cm³/mol. The highest BCUT2D eigenvalue weighted by atomic mass is 35.5. The minimum absolute atomic E-state index is 0.143. The molecule has 0 aromatic heterocycles. The zero-order valence-electron chi connectivity index (χ0n) is 29.3. The van der Waals surface area contributed by atoms with E-state index in [4.69, 9.17) is 25.8 Å². The number of aliphatic hydroxyl groups excluding tert-OH is 1. The van der Waals surface area contributed by atoms with E-state index < -0.39 is 21.2 Å². The number of carbonyl (C=O) groups excluding carboxylic acids is 1. The van der Waals surface area contributed by atoms with Crippen molar-refractivity contribution < 1.29 is 32.5 Å². The van der Waals surface area contributed by atoms with Crippen LogP contribution in [0.2, 0.25) is 5.02 Å². The van der Waals surface area contributed by atoms with Crippen molar-refractivity contribution in [2.75, 3.05) is 44.3 Å². The number of rotatable bonds is 2. The van der Waals surface area contributed by atoms with Crippen molar-refractivity contribution in [3.05, 3.63) is 58.1 Å². The minimum atomic E-state index is -3.92. The van der Waals surface area contributed by atoms with Crippen LogP contribution in [0.3, 0.4) is 0 Å². The molecule has 4 aliphatic heterocycles. The smallest absolute Gasteiger partial charge is 0.264 e. The van der Waals surface area contributed by atoms with Gasteiger partial charge in [-0.2, -0.15) is 0 Å². The van der Waals surface area contributed by atoms with E-state index in [2.05, 4.69) is 14.5 Å². The number of likely N-dealkylation sites (tertiary alicyclic amines) is 1. The molecular weight excluding hydrogens is 678 g/mol. The Kier molecular flexibility index (Phi) is 11.0. The zero-order valence-corrected chi connectivity index (χ0v) is 30.8. The Balaban J connectivity index is 1.19. The van der Waals surface area contributed by atoms with Crippen molar-refractivity contribution in [1.29, 1.82) is 0 Å². The number of hydrogen-bond acceptors (Lipinski definition) is 9. The van der Waals surface area contributed by atoms with Gasteiger partial charge < -0.3 is 24.2 Å². The van der Waals surface area contributed by atoms with Crippen LogP contribution in [0.4, 0.5) is 5.69 Å². The number of aliphatic hydroxyl groups is 1. The van der Waals surface area contributed by atoms with Crippen molar-refractivity contribution in [2.24, 2.45) is 23.7 Å². The summed E-state index contributed by atoms with van der Waals surface area (Å²) >= 11 is 6.38. The number of anilines is 1. The van der Waals surface area contributed by atoms with Crippen molar-refractivity contribution >= 4 is 33.2 Å². The number of halogens is 1. The second kappa shape index (κ2) is 15.3. The lowest BCUT2D eigenvalue weighted by Gasteiger charge is -2.49. The highest BCUT2D eigenvalue weighted by Crippen LogP contribution is 2.46. The van der Waals surface area contributed by atoms with Crippen LogP contribution >= 0.6 is 11.6 Å². The van der Waals surface area contributed by atoms with Crippen LogP contribution in [0.25, 0.3) is 0 Å². The first-order chi connectivity index (χ1) is 24.1. The first kappa shape index (κ1) is 36.0. The molecule has 2 aromatic carbocycles. The van der Waals surface area contributed by atoms with Gasteiger partial charge in [-0.1, -0.05) is 31.0 Å². The number of hydrogen-bond donors (Lipinski definition) is 2. The van der Waals surface area contributed by atoms with Crippen LogP contribution in [0.1, 0.15) is 80.3 Å². The van der Waals surface area contributed by atoms with Crippen molar-refractivity contribution in [2.45, 2.75) is 95.5 Å². The lowest BCUT2D eigenvalue weighted by atomic mass is 9.65. The molecule has 7 rings (SSSR count). The normalized spacial score (nSPS) is 32.9. The first-order valence-corrected chi connectivity index (χ1v) is 20.5. The average molecular weight is 730 g/mol.